The summed E-state index contributed by atoms with van der Waals surface area (Å²) in [6.07, 6.45) is -0.525. The standard InChI is InChI=1S/C8H9ClO/c9-6-8(10)7-4-2-1-3-5-7/h1-5,8,10H,6H2/t8-/m0/s1/i8+2. The molecule has 0 amide bonds. The molecule has 1 atom stereocenters. The zero-order chi connectivity index (χ0) is 7.40. The summed E-state index contributed by atoms with van der Waals surface area (Å²) in [6.45, 7) is 0. The van der Waals surface area contributed by atoms with Crippen molar-refractivity contribution in [1.82, 2.24) is 0 Å². The quantitative estimate of drug-likeness (QED) is 0.653. The van der Waals surface area contributed by atoms with E-state index in [0.29, 0.717) is 0 Å². The second-order valence-electron chi connectivity index (χ2n) is 2.08. The van der Waals surface area contributed by atoms with Crippen molar-refractivity contribution in [2.45, 2.75) is 6.10 Å². The highest BCUT2D eigenvalue weighted by Gasteiger charge is 2.02. The first-order chi connectivity index (χ1) is 4.84. The summed E-state index contributed by atoms with van der Waals surface area (Å²) in [5.74, 6) is 0.254. The van der Waals surface area contributed by atoms with Crippen LogP contribution in [0.2, 0.25) is 0 Å². The van der Waals surface area contributed by atoms with E-state index in [0.717, 1.165) is 5.56 Å². The summed E-state index contributed by atoms with van der Waals surface area (Å²) < 4.78 is 0. The van der Waals surface area contributed by atoms with Gasteiger partial charge in [0.1, 0.15) is 0 Å². The summed E-state index contributed by atoms with van der Waals surface area (Å²) in [4.78, 5) is 0. The van der Waals surface area contributed by atoms with E-state index in [-0.39, 0.29) is 5.88 Å². The highest BCUT2D eigenvalue weighted by Crippen LogP contribution is 2.12. The minimum Gasteiger partial charge on any atom is -0.387 e. The van der Waals surface area contributed by atoms with Gasteiger partial charge >= 0.3 is 0 Å². The summed E-state index contributed by atoms with van der Waals surface area (Å²) in [5.41, 5.74) is 0.873. The van der Waals surface area contributed by atoms with Gasteiger partial charge in [-0.1, -0.05) is 30.3 Å². The first kappa shape index (κ1) is 7.58. The van der Waals surface area contributed by atoms with Gasteiger partial charge in [-0.05, 0) is 5.56 Å². The molecule has 0 radical (unpaired) electrons. The molecule has 1 rings (SSSR count). The molecular weight excluding hydrogens is 150 g/mol. The minimum atomic E-state index is -0.525. The van der Waals surface area contributed by atoms with Crippen molar-refractivity contribution < 1.29 is 5.11 Å². The summed E-state index contributed by atoms with van der Waals surface area (Å²) in [5, 5.41) is 9.20. The zero-order valence-corrected chi connectivity index (χ0v) is 6.25. The number of hydrogen-bond acceptors (Lipinski definition) is 1. The largest absolute Gasteiger partial charge is 0.387 e. The lowest BCUT2D eigenvalue weighted by atomic mass is 10.3. The van der Waals surface area contributed by atoms with Crippen LogP contribution in [-0.2, 0) is 0 Å². The monoisotopic (exact) mass is 158 g/mol. The lowest BCUT2D eigenvalue weighted by molar-refractivity contribution is 0.202. The van der Waals surface area contributed by atoms with Crippen LogP contribution in [0.3, 0.4) is 0 Å². The van der Waals surface area contributed by atoms with Crippen LogP contribution in [0, 0.1) is 0 Å². The maximum absolute atomic E-state index is 9.20. The molecule has 0 aliphatic carbocycles. The number of halogens is 1. The van der Waals surface area contributed by atoms with Gasteiger partial charge in [0, 0.05) is 0 Å². The van der Waals surface area contributed by atoms with E-state index in [1.54, 1.807) is 0 Å². The lowest BCUT2D eigenvalue weighted by Crippen LogP contribution is -1.96. The Morgan fingerprint density at radius 1 is 1.30 bits per heavy atom. The Kier molecular flexibility index (Phi) is 2.72. The Morgan fingerprint density at radius 3 is 2.40 bits per heavy atom. The van der Waals surface area contributed by atoms with Gasteiger partial charge in [-0.15, -0.1) is 11.6 Å². The fourth-order valence-electron chi connectivity index (χ4n) is 0.764. The molecule has 0 aromatic heterocycles. The third-order valence-electron chi connectivity index (χ3n) is 1.33. The van der Waals surface area contributed by atoms with Gasteiger partial charge in [-0.2, -0.15) is 0 Å². The van der Waals surface area contributed by atoms with E-state index in [1.165, 1.54) is 0 Å². The molecule has 1 aromatic rings. The third kappa shape index (κ3) is 1.72. The molecule has 2 heteroatoms. The second kappa shape index (κ2) is 3.59. The third-order valence-corrected chi connectivity index (χ3v) is 1.62. The average Bonchev–Trinajstić information content (AvgIpc) is 2.05. The molecule has 0 spiro atoms. The predicted octanol–water partition coefficient (Wildman–Crippen LogP) is 1.96. The van der Waals surface area contributed by atoms with E-state index in [2.05, 4.69) is 0 Å². The summed E-state index contributed by atoms with van der Waals surface area (Å²) >= 11 is 5.44. The van der Waals surface area contributed by atoms with Gasteiger partial charge in [0.25, 0.3) is 0 Å². The van der Waals surface area contributed by atoms with E-state index < -0.39 is 6.10 Å². The fraction of sp³-hybridized carbons (Fsp3) is 0.250. The van der Waals surface area contributed by atoms with Crippen LogP contribution >= 0.6 is 11.6 Å². The van der Waals surface area contributed by atoms with E-state index in [9.17, 15) is 5.11 Å². The van der Waals surface area contributed by atoms with Crippen LogP contribution in [0.15, 0.2) is 30.3 Å². The molecule has 1 nitrogen and oxygen atoms in total. The van der Waals surface area contributed by atoms with Crippen molar-refractivity contribution in [3.05, 3.63) is 35.9 Å². The summed E-state index contributed by atoms with van der Waals surface area (Å²) in [7, 11) is 0. The number of benzene rings is 1. The number of aliphatic hydroxyl groups is 1. The molecular formula is C8H9ClO. The SMILES string of the molecule is O[14C@@H](CCl)c1ccccc1. The molecule has 1 N–H and O–H groups in total. The highest BCUT2D eigenvalue weighted by molar-refractivity contribution is 6.18. The van der Waals surface area contributed by atoms with Gasteiger partial charge in [-0.3, -0.25) is 0 Å². The van der Waals surface area contributed by atoms with Gasteiger partial charge in [-0.25, -0.2) is 0 Å². The van der Waals surface area contributed by atoms with E-state index in [1.807, 2.05) is 30.3 Å². The molecule has 0 fully saturated rings. The zero-order valence-electron chi connectivity index (χ0n) is 5.50. The van der Waals surface area contributed by atoms with E-state index >= 15 is 0 Å². The Hall–Kier alpha value is -0.530. The van der Waals surface area contributed by atoms with Crippen molar-refractivity contribution in [2.24, 2.45) is 0 Å². The molecule has 0 aliphatic rings. The highest BCUT2D eigenvalue weighted by atomic mass is 35.5. The maximum Gasteiger partial charge on any atom is 0.0925 e. The molecule has 0 saturated heterocycles. The Morgan fingerprint density at radius 2 is 1.90 bits per heavy atom. The number of hydrogen-bond donors (Lipinski definition) is 1. The Balaban J connectivity index is 2.75. The lowest BCUT2D eigenvalue weighted by Gasteiger charge is -2.04. The molecule has 10 heavy (non-hydrogen) atoms. The van der Waals surface area contributed by atoms with Gasteiger partial charge in [0.15, 0.2) is 0 Å². The Bertz CT molecular complexity index is 186. The number of aliphatic hydroxyl groups excluding tert-OH is 1. The van der Waals surface area contributed by atoms with Crippen LogP contribution < -0.4 is 0 Å². The molecule has 0 aliphatic heterocycles. The van der Waals surface area contributed by atoms with Gasteiger partial charge in [0.05, 0.1) is 12.0 Å². The molecule has 0 heterocycles. The normalized spacial score (nSPS) is 13.0. The fourth-order valence-corrected chi connectivity index (χ4v) is 0.942. The maximum atomic E-state index is 9.20. The van der Waals surface area contributed by atoms with Crippen LogP contribution in [0.4, 0.5) is 0 Å². The minimum absolute atomic E-state index is 0.254. The van der Waals surface area contributed by atoms with Crippen molar-refractivity contribution in [3.63, 3.8) is 0 Å². The van der Waals surface area contributed by atoms with Crippen LogP contribution in [0.25, 0.3) is 0 Å². The first-order valence-corrected chi connectivity index (χ1v) is 3.67. The van der Waals surface area contributed by atoms with Crippen molar-refractivity contribution in [3.8, 4) is 0 Å². The molecule has 1 aromatic carbocycles. The van der Waals surface area contributed by atoms with Gasteiger partial charge < -0.3 is 5.11 Å². The van der Waals surface area contributed by atoms with Crippen LogP contribution in [0.1, 0.15) is 11.7 Å². The predicted molar refractivity (Wildman–Crippen MR) is 42.1 cm³/mol. The molecule has 54 valence electrons. The molecule has 0 bridgehead atoms. The second-order valence-corrected chi connectivity index (χ2v) is 2.39. The summed E-state index contributed by atoms with van der Waals surface area (Å²) in [6, 6.07) is 9.38. The Labute approximate surface area is 65.3 Å². The smallest absolute Gasteiger partial charge is 0.0925 e. The average molecular weight is 159 g/mol. The van der Waals surface area contributed by atoms with Crippen LogP contribution in [-0.4, -0.2) is 11.0 Å². The van der Waals surface area contributed by atoms with E-state index in [4.69, 9.17) is 11.6 Å². The van der Waals surface area contributed by atoms with Gasteiger partial charge in [0.2, 0.25) is 0 Å². The van der Waals surface area contributed by atoms with Crippen molar-refractivity contribution >= 4 is 11.6 Å². The van der Waals surface area contributed by atoms with Crippen molar-refractivity contribution in [2.75, 3.05) is 5.88 Å². The topological polar surface area (TPSA) is 20.2 Å². The van der Waals surface area contributed by atoms with Crippen LogP contribution in [0.5, 0.6) is 0 Å². The number of rotatable bonds is 2. The molecule has 0 saturated carbocycles. The number of alkyl halides is 1. The molecule has 0 unspecified atom stereocenters. The first-order valence-electron chi connectivity index (χ1n) is 3.13. The van der Waals surface area contributed by atoms with Crippen molar-refractivity contribution in [1.29, 1.82) is 0 Å².